The minimum atomic E-state index is -1.35. The van der Waals surface area contributed by atoms with Crippen molar-refractivity contribution in [2.75, 3.05) is 13.2 Å². The SMILES string of the molecule is N#Cc1c(C2C[C@@H]3NCCO[C@H]3C2)c(F)cc2c(=O)c(C(=O)O)cn(C3CC3)c12. The number of rotatable bonds is 3. The van der Waals surface area contributed by atoms with Gasteiger partial charge in [-0.1, -0.05) is 0 Å². The van der Waals surface area contributed by atoms with E-state index in [9.17, 15) is 20.0 Å². The third-order valence-electron chi connectivity index (χ3n) is 6.34. The van der Waals surface area contributed by atoms with Crippen LogP contribution in [-0.4, -0.2) is 40.9 Å². The lowest BCUT2D eigenvalue weighted by molar-refractivity contribution is 0.0109. The molecule has 3 aliphatic rings. The van der Waals surface area contributed by atoms with Gasteiger partial charge in [0.15, 0.2) is 0 Å². The van der Waals surface area contributed by atoms with Crippen molar-refractivity contribution in [1.82, 2.24) is 9.88 Å². The standard InChI is InChI=1S/C21H20FN3O4/c22-15-7-12-19(25(11-1-2-11)9-14(20(12)26)21(27)28)13(8-23)18(15)10-5-16-17(6-10)29-4-3-24-16/h7,9-11,16-17,24H,1-6H2,(H,27,28)/t10?,16-,17-/m0/s1. The van der Waals surface area contributed by atoms with E-state index in [0.29, 0.717) is 30.5 Å². The molecule has 0 radical (unpaired) electrons. The molecule has 1 aromatic heterocycles. The molecule has 1 unspecified atom stereocenters. The van der Waals surface area contributed by atoms with Crippen LogP contribution in [0.4, 0.5) is 4.39 Å². The Kier molecular flexibility index (Phi) is 4.19. The van der Waals surface area contributed by atoms with Crippen LogP contribution in [0, 0.1) is 17.1 Å². The third kappa shape index (κ3) is 2.84. The first-order valence-corrected chi connectivity index (χ1v) is 9.89. The largest absolute Gasteiger partial charge is 0.477 e. The number of carboxylic acid groups (broad SMARTS) is 1. The summed E-state index contributed by atoms with van der Waals surface area (Å²) in [6.07, 6.45) is 4.22. The summed E-state index contributed by atoms with van der Waals surface area (Å²) in [6.45, 7) is 1.36. The van der Waals surface area contributed by atoms with Crippen LogP contribution < -0.4 is 10.7 Å². The van der Waals surface area contributed by atoms with Gasteiger partial charge in [0.25, 0.3) is 0 Å². The zero-order chi connectivity index (χ0) is 20.3. The van der Waals surface area contributed by atoms with E-state index in [1.807, 2.05) is 0 Å². The molecule has 1 saturated heterocycles. The van der Waals surface area contributed by atoms with E-state index in [-0.39, 0.29) is 35.1 Å². The highest BCUT2D eigenvalue weighted by atomic mass is 19.1. The van der Waals surface area contributed by atoms with E-state index >= 15 is 4.39 Å². The molecule has 3 fully saturated rings. The molecule has 2 N–H and O–H groups in total. The maximum Gasteiger partial charge on any atom is 0.341 e. The monoisotopic (exact) mass is 397 g/mol. The highest BCUT2D eigenvalue weighted by Crippen LogP contribution is 2.43. The predicted molar refractivity (Wildman–Crippen MR) is 102 cm³/mol. The van der Waals surface area contributed by atoms with Gasteiger partial charge in [0.1, 0.15) is 17.4 Å². The molecule has 8 heteroatoms. The van der Waals surface area contributed by atoms with Gasteiger partial charge in [-0.3, -0.25) is 4.79 Å². The quantitative estimate of drug-likeness (QED) is 0.823. The van der Waals surface area contributed by atoms with E-state index in [4.69, 9.17) is 4.74 Å². The van der Waals surface area contributed by atoms with Crippen molar-refractivity contribution in [1.29, 1.82) is 5.26 Å². The zero-order valence-electron chi connectivity index (χ0n) is 15.7. The average molecular weight is 397 g/mol. The number of pyridine rings is 1. The van der Waals surface area contributed by atoms with Crippen molar-refractivity contribution in [3.05, 3.63) is 45.0 Å². The van der Waals surface area contributed by atoms with Crippen molar-refractivity contribution in [3.63, 3.8) is 0 Å². The zero-order valence-corrected chi connectivity index (χ0v) is 15.7. The van der Waals surface area contributed by atoms with Crippen molar-refractivity contribution in [2.24, 2.45) is 0 Å². The number of nitrogens with one attached hydrogen (secondary N) is 1. The summed E-state index contributed by atoms with van der Waals surface area (Å²) in [7, 11) is 0. The van der Waals surface area contributed by atoms with Gasteiger partial charge in [0.05, 0.1) is 29.2 Å². The lowest BCUT2D eigenvalue weighted by atomic mass is 9.90. The Morgan fingerprint density at radius 2 is 2.17 bits per heavy atom. The van der Waals surface area contributed by atoms with Crippen molar-refractivity contribution in [3.8, 4) is 6.07 Å². The van der Waals surface area contributed by atoms with Crippen LogP contribution in [0.25, 0.3) is 10.9 Å². The van der Waals surface area contributed by atoms with Crippen LogP contribution in [-0.2, 0) is 4.74 Å². The highest BCUT2D eigenvalue weighted by molar-refractivity contribution is 5.94. The number of nitriles is 1. The molecule has 0 spiro atoms. The minimum Gasteiger partial charge on any atom is -0.477 e. The van der Waals surface area contributed by atoms with E-state index in [1.54, 1.807) is 4.57 Å². The number of carbonyl (C=O) groups is 1. The highest BCUT2D eigenvalue weighted by Gasteiger charge is 2.40. The van der Waals surface area contributed by atoms with Gasteiger partial charge in [-0.2, -0.15) is 5.26 Å². The maximum absolute atomic E-state index is 15.2. The van der Waals surface area contributed by atoms with E-state index in [1.165, 1.54) is 6.20 Å². The van der Waals surface area contributed by atoms with Gasteiger partial charge in [-0.05, 0) is 37.7 Å². The number of nitrogens with zero attached hydrogens (tertiary/aromatic N) is 2. The summed E-state index contributed by atoms with van der Waals surface area (Å²) in [5.41, 5.74) is -0.340. The van der Waals surface area contributed by atoms with Gasteiger partial charge in [-0.25, -0.2) is 9.18 Å². The lowest BCUT2D eigenvalue weighted by Gasteiger charge is -2.26. The van der Waals surface area contributed by atoms with Crippen molar-refractivity contribution >= 4 is 16.9 Å². The van der Waals surface area contributed by atoms with Crippen molar-refractivity contribution in [2.45, 2.75) is 49.8 Å². The summed E-state index contributed by atoms with van der Waals surface area (Å²) in [5.74, 6) is -2.17. The Balaban J connectivity index is 1.74. The molecule has 29 heavy (non-hydrogen) atoms. The molecular weight excluding hydrogens is 377 g/mol. The third-order valence-corrected chi connectivity index (χ3v) is 6.34. The van der Waals surface area contributed by atoms with Gasteiger partial charge >= 0.3 is 5.97 Å². The molecule has 3 atom stereocenters. The molecule has 7 nitrogen and oxygen atoms in total. The normalized spacial score (nSPS) is 26.3. The number of hydrogen-bond donors (Lipinski definition) is 2. The number of benzene rings is 1. The maximum atomic E-state index is 15.2. The second kappa shape index (κ2) is 6.65. The number of fused-ring (bicyclic) bond motifs is 2. The molecule has 2 aromatic rings. The Bertz CT molecular complexity index is 1120. The van der Waals surface area contributed by atoms with Crippen molar-refractivity contribution < 1.29 is 19.0 Å². The number of ether oxygens (including phenoxy) is 1. The summed E-state index contributed by atoms with van der Waals surface area (Å²) in [6, 6.07) is 3.40. The van der Waals surface area contributed by atoms with Gasteiger partial charge < -0.3 is 19.7 Å². The minimum absolute atomic E-state index is 0.0181. The number of carboxylic acids is 1. The molecule has 2 saturated carbocycles. The second-order valence-electron chi connectivity index (χ2n) is 8.11. The molecule has 0 amide bonds. The first-order chi connectivity index (χ1) is 14.0. The van der Waals surface area contributed by atoms with Crippen LogP contribution in [0.15, 0.2) is 17.1 Å². The van der Waals surface area contributed by atoms with E-state index < -0.39 is 22.8 Å². The topological polar surface area (TPSA) is 104 Å². The average Bonchev–Trinajstić information content (AvgIpc) is 3.45. The van der Waals surface area contributed by atoms with Crippen LogP contribution >= 0.6 is 0 Å². The lowest BCUT2D eigenvalue weighted by Crippen LogP contribution is -2.44. The van der Waals surface area contributed by atoms with Crippen LogP contribution in [0.1, 0.15) is 59.1 Å². The fraction of sp³-hybridized carbons (Fsp3) is 0.476. The molecule has 2 heterocycles. The molecule has 0 bridgehead atoms. The number of aromatic nitrogens is 1. The second-order valence-corrected chi connectivity index (χ2v) is 8.11. The fourth-order valence-electron chi connectivity index (χ4n) is 4.90. The Morgan fingerprint density at radius 3 is 2.83 bits per heavy atom. The van der Waals surface area contributed by atoms with Gasteiger partial charge in [0, 0.05) is 30.4 Å². The number of hydrogen-bond acceptors (Lipinski definition) is 5. The van der Waals surface area contributed by atoms with E-state index in [0.717, 1.165) is 25.5 Å². The fourth-order valence-corrected chi connectivity index (χ4v) is 4.90. The number of halogens is 1. The van der Waals surface area contributed by atoms with Gasteiger partial charge in [0.2, 0.25) is 5.43 Å². The summed E-state index contributed by atoms with van der Waals surface area (Å²) in [4.78, 5) is 24.3. The Hall–Kier alpha value is -2.76. The molecule has 1 aromatic carbocycles. The van der Waals surface area contributed by atoms with Crippen LogP contribution in [0.3, 0.4) is 0 Å². The summed E-state index contributed by atoms with van der Waals surface area (Å²) >= 11 is 0. The van der Waals surface area contributed by atoms with Gasteiger partial charge in [-0.15, -0.1) is 0 Å². The van der Waals surface area contributed by atoms with E-state index in [2.05, 4.69) is 11.4 Å². The summed E-state index contributed by atoms with van der Waals surface area (Å²) < 4.78 is 22.7. The predicted octanol–water partition coefficient (Wildman–Crippen LogP) is 2.28. The molecular formula is C21H20FN3O4. The summed E-state index contributed by atoms with van der Waals surface area (Å²) in [5, 5.41) is 22.7. The van der Waals surface area contributed by atoms with Crippen LogP contribution in [0.5, 0.6) is 0 Å². The molecule has 1 aliphatic heterocycles. The first kappa shape index (κ1) is 18.3. The Labute approximate surface area is 165 Å². The van der Waals surface area contributed by atoms with Crippen LogP contribution in [0.2, 0.25) is 0 Å². The Morgan fingerprint density at radius 1 is 1.38 bits per heavy atom. The molecule has 150 valence electrons. The molecule has 2 aliphatic carbocycles. The molecule has 5 rings (SSSR count). The first-order valence-electron chi connectivity index (χ1n) is 9.89. The number of morpholine rings is 1. The number of aromatic carboxylic acids is 1. The smallest absolute Gasteiger partial charge is 0.341 e.